The second-order valence-corrected chi connectivity index (χ2v) is 6.46. The Labute approximate surface area is 98.9 Å². The van der Waals surface area contributed by atoms with Gasteiger partial charge >= 0.3 is 0 Å². The molecule has 3 unspecified atom stereocenters. The highest BCUT2D eigenvalue weighted by atomic mass is 16.5. The molecule has 2 bridgehead atoms. The monoisotopic (exact) mass is 223 g/mol. The first-order valence-corrected chi connectivity index (χ1v) is 7.09. The third-order valence-corrected chi connectivity index (χ3v) is 5.57. The fourth-order valence-corrected chi connectivity index (χ4v) is 4.48. The second kappa shape index (κ2) is 4.30. The molecule has 16 heavy (non-hydrogen) atoms. The fraction of sp³-hybridized carbons (Fsp3) is 1.00. The Kier molecular flexibility index (Phi) is 2.97. The summed E-state index contributed by atoms with van der Waals surface area (Å²) in [6.45, 7) is 2.76. The smallest absolute Gasteiger partial charge is 0.0471 e. The van der Waals surface area contributed by atoms with Gasteiger partial charge in [0.1, 0.15) is 0 Å². The van der Waals surface area contributed by atoms with E-state index in [1.807, 2.05) is 0 Å². The van der Waals surface area contributed by atoms with Crippen molar-refractivity contribution < 1.29 is 4.74 Å². The van der Waals surface area contributed by atoms with Crippen LogP contribution in [-0.2, 0) is 4.74 Å². The Morgan fingerprint density at radius 2 is 1.94 bits per heavy atom. The van der Waals surface area contributed by atoms with Crippen molar-refractivity contribution in [2.45, 2.75) is 44.9 Å². The number of fused-ring (bicyclic) bond motifs is 2. The molecule has 1 saturated heterocycles. The molecule has 3 aliphatic rings. The molecule has 1 heterocycles. The van der Waals surface area contributed by atoms with Crippen LogP contribution in [0.4, 0.5) is 0 Å². The summed E-state index contributed by atoms with van der Waals surface area (Å²) in [5.74, 6) is 3.13. The maximum Gasteiger partial charge on any atom is 0.0471 e. The van der Waals surface area contributed by atoms with Crippen LogP contribution in [0.25, 0.3) is 0 Å². The summed E-state index contributed by atoms with van der Waals surface area (Å²) < 4.78 is 5.50. The Balaban J connectivity index is 1.63. The molecule has 2 heteroatoms. The van der Waals surface area contributed by atoms with Gasteiger partial charge in [-0.25, -0.2) is 0 Å². The van der Waals surface area contributed by atoms with E-state index in [0.717, 1.165) is 37.5 Å². The molecule has 1 aliphatic heterocycles. The molecule has 3 atom stereocenters. The van der Waals surface area contributed by atoms with Crippen molar-refractivity contribution in [3.8, 4) is 0 Å². The van der Waals surface area contributed by atoms with Crippen LogP contribution in [0.15, 0.2) is 0 Å². The predicted molar refractivity (Wildman–Crippen MR) is 65.1 cm³/mol. The largest absolute Gasteiger partial charge is 0.381 e. The molecule has 92 valence electrons. The van der Waals surface area contributed by atoms with Gasteiger partial charge < -0.3 is 10.5 Å². The van der Waals surface area contributed by atoms with Crippen LogP contribution in [-0.4, -0.2) is 19.8 Å². The van der Waals surface area contributed by atoms with E-state index in [9.17, 15) is 0 Å². The first-order chi connectivity index (χ1) is 7.81. The molecule has 0 spiro atoms. The minimum atomic E-state index is 0.438. The van der Waals surface area contributed by atoms with Gasteiger partial charge in [-0.2, -0.15) is 0 Å². The summed E-state index contributed by atoms with van der Waals surface area (Å²) in [5, 5.41) is 0. The van der Waals surface area contributed by atoms with Crippen LogP contribution in [0.5, 0.6) is 0 Å². The summed E-state index contributed by atoms with van der Waals surface area (Å²) in [6, 6.07) is 0. The third kappa shape index (κ3) is 1.91. The van der Waals surface area contributed by atoms with Crippen LogP contribution in [0.2, 0.25) is 0 Å². The second-order valence-electron chi connectivity index (χ2n) is 6.46. The zero-order chi connectivity index (χ0) is 11.0. The summed E-state index contributed by atoms with van der Waals surface area (Å²) in [5.41, 5.74) is 6.50. The van der Waals surface area contributed by atoms with E-state index in [2.05, 4.69) is 0 Å². The van der Waals surface area contributed by atoms with E-state index in [1.54, 1.807) is 0 Å². The van der Waals surface area contributed by atoms with E-state index in [4.69, 9.17) is 10.5 Å². The van der Waals surface area contributed by atoms with Crippen LogP contribution < -0.4 is 5.73 Å². The van der Waals surface area contributed by atoms with Gasteiger partial charge in [0.15, 0.2) is 0 Å². The average molecular weight is 223 g/mol. The minimum Gasteiger partial charge on any atom is -0.381 e. The maximum atomic E-state index is 6.06. The van der Waals surface area contributed by atoms with Crippen molar-refractivity contribution >= 4 is 0 Å². The van der Waals surface area contributed by atoms with E-state index < -0.39 is 0 Å². The van der Waals surface area contributed by atoms with Crippen LogP contribution in [0.3, 0.4) is 0 Å². The Hall–Kier alpha value is -0.0800. The molecule has 3 rings (SSSR count). The quantitative estimate of drug-likeness (QED) is 0.798. The molecular formula is C14H25NO. The number of hydrogen-bond acceptors (Lipinski definition) is 2. The van der Waals surface area contributed by atoms with Gasteiger partial charge in [0.25, 0.3) is 0 Å². The van der Waals surface area contributed by atoms with Crippen LogP contribution in [0.1, 0.15) is 44.9 Å². The van der Waals surface area contributed by atoms with Gasteiger partial charge in [0.2, 0.25) is 0 Å². The summed E-state index contributed by atoms with van der Waals surface area (Å²) in [7, 11) is 0. The molecule has 0 amide bonds. The van der Waals surface area contributed by atoms with Gasteiger partial charge in [-0.1, -0.05) is 6.42 Å². The van der Waals surface area contributed by atoms with Crippen molar-refractivity contribution in [3.05, 3.63) is 0 Å². The minimum absolute atomic E-state index is 0.438. The molecule has 0 aromatic rings. The van der Waals surface area contributed by atoms with E-state index in [1.165, 1.54) is 44.9 Å². The molecule has 2 N–H and O–H groups in total. The first kappa shape index (κ1) is 11.0. The fourth-order valence-electron chi connectivity index (χ4n) is 4.48. The first-order valence-electron chi connectivity index (χ1n) is 7.09. The maximum absolute atomic E-state index is 6.06. The Morgan fingerprint density at radius 1 is 1.12 bits per heavy atom. The van der Waals surface area contributed by atoms with Gasteiger partial charge in [-0.15, -0.1) is 0 Å². The standard InChI is InChI=1S/C14H25NO/c15-10-14(3-5-16-6-4-14)9-13-8-11-1-2-12(13)7-11/h11-13H,1-10,15H2. The summed E-state index contributed by atoms with van der Waals surface area (Å²) in [6.07, 6.45) is 9.87. The highest BCUT2D eigenvalue weighted by molar-refractivity contribution is 4.94. The predicted octanol–water partition coefficient (Wildman–Crippen LogP) is 2.57. The van der Waals surface area contributed by atoms with E-state index in [-0.39, 0.29) is 0 Å². The average Bonchev–Trinajstić information content (AvgIpc) is 2.92. The van der Waals surface area contributed by atoms with Gasteiger partial charge in [-0.05, 0) is 68.2 Å². The molecule has 3 fully saturated rings. The zero-order valence-electron chi connectivity index (χ0n) is 10.3. The summed E-state index contributed by atoms with van der Waals surface area (Å²) >= 11 is 0. The zero-order valence-corrected chi connectivity index (χ0v) is 10.3. The lowest BCUT2D eigenvalue weighted by Crippen LogP contribution is -2.39. The number of ether oxygens (including phenoxy) is 1. The van der Waals surface area contributed by atoms with Crippen LogP contribution >= 0.6 is 0 Å². The van der Waals surface area contributed by atoms with Gasteiger partial charge in [0.05, 0.1) is 0 Å². The molecule has 2 aliphatic carbocycles. The highest BCUT2D eigenvalue weighted by Crippen LogP contribution is 2.53. The van der Waals surface area contributed by atoms with E-state index in [0.29, 0.717) is 5.41 Å². The molecular weight excluding hydrogens is 198 g/mol. The Morgan fingerprint density at radius 3 is 2.50 bits per heavy atom. The lowest BCUT2D eigenvalue weighted by Gasteiger charge is -2.40. The lowest BCUT2D eigenvalue weighted by atomic mass is 9.70. The number of hydrogen-bond donors (Lipinski definition) is 1. The topological polar surface area (TPSA) is 35.2 Å². The lowest BCUT2D eigenvalue weighted by molar-refractivity contribution is 0.00190. The molecule has 2 saturated carbocycles. The third-order valence-electron chi connectivity index (χ3n) is 5.57. The van der Waals surface area contributed by atoms with Crippen LogP contribution in [0, 0.1) is 23.2 Å². The molecule has 2 nitrogen and oxygen atoms in total. The normalized spacial score (nSPS) is 41.4. The van der Waals surface area contributed by atoms with Crippen molar-refractivity contribution in [2.24, 2.45) is 28.9 Å². The SMILES string of the molecule is NCC1(CC2CC3CCC2C3)CCOCC1. The van der Waals surface area contributed by atoms with Crippen molar-refractivity contribution in [3.63, 3.8) is 0 Å². The number of nitrogens with two attached hydrogens (primary N) is 1. The van der Waals surface area contributed by atoms with Gasteiger partial charge in [-0.3, -0.25) is 0 Å². The summed E-state index contributed by atoms with van der Waals surface area (Å²) in [4.78, 5) is 0. The Bertz CT molecular complexity index is 247. The molecule has 0 radical (unpaired) electrons. The van der Waals surface area contributed by atoms with Gasteiger partial charge in [0, 0.05) is 13.2 Å². The van der Waals surface area contributed by atoms with Crippen molar-refractivity contribution in [1.29, 1.82) is 0 Å². The highest BCUT2D eigenvalue weighted by Gasteiger charge is 2.43. The van der Waals surface area contributed by atoms with Crippen molar-refractivity contribution in [2.75, 3.05) is 19.8 Å². The molecule has 0 aromatic carbocycles. The van der Waals surface area contributed by atoms with E-state index >= 15 is 0 Å². The number of rotatable bonds is 3. The van der Waals surface area contributed by atoms with Crippen molar-refractivity contribution in [1.82, 2.24) is 0 Å². The molecule has 0 aromatic heterocycles.